The molecule has 2 aliphatic rings. The largest absolute Gasteiger partial charge is 0.465 e. The van der Waals surface area contributed by atoms with Crippen molar-refractivity contribution >= 4 is 5.78 Å². The first-order chi connectivity index (χ1) is 10.3. The van der Waals surface area contributed by atoms with Crippen LogP contribution in [-0.2, 0) is 20.8 Å². The molecule has 0 atom stereocenters. The standard InChI is InChI=1S/C16H16N2O3/c19-15(9-18-7-6-17-12-18)16-11-20-10-14(21-16)8-13-4-2-1-3-5-13/h1-2,4,6-7,10-12H,3,5,8-9H2. The molecule has 3 rings (SSSR count). The molecule has 1 aromatic heterocycles. The number of imidazole rings is 1. The molecule has 1 aliphatic heterocycles. The first kappa shape index (κ1) is 13.4. The van der Waals surface area contributed by atoms with E-state index in [0.29, 0.717) is 12.2 Å². The molecule has 0 saturated carbocycles. The Morgan fingerprint density at radius 2 is 2.33 bits per heavy atom. The fraction of sp³-hybridized carbons (Fsp3) is 0.250. The van der Waals surface area contributed by atoms with Crippen LogP contribution in [0.2, 0.25) is 0 Å². The van der Waals surface area contributed by atoms with Crippen molar-refractivity contribution in [2.45, 2.75) is 25.8 Å². The minimum atomic E-state index is -0.142. The van der Waals surface area contributed by atoms with Crippen LogP contribution < -0.4 is 0 Å². The van der Waals surface area contributed by atoms with Crippen LogP contribution in [-0.4, -0.2) is 15.3 Å². The first-order valence-corrected chi connectivity index (χ1v) is 6.87. The van der Waals surface area contributed by atoms with Crippen molar-refractivity contribution in [1.82, 2.24) is 9.55 Å². The molecule has 0 saturated heterocycles. The minimum Gasteiger partial charge on any atom is -0.465 e. The van der Waals surface area contributed by atoms with Gasteiger partial charge in [0.05, 0.1) is 12.9 Å². The fourth-order valence-corrected chi connectivity index (χ4v) is 2.21. The molecular weight excluding hydrogens is 268 g/mol. The Balaban J connectivity index is 1.59. The molecule has 0 fully saturated rings. The molecule has 0 aromatic carbocycles. The molecule has 0 spiro atoms. The zero-order valence-corrected chi connectivity index (χ0v) is 11.6. The van der Waals surface area contributed by atoms with Crippen molar-refractivity contribution in [3.8, 4) is 0 Å². The SMILES string of the molecule is O=C(Cn1ccnc1)C1=COC=C(CC2=CC=CCC2)O1. The van der Waals surface area contributed by atoms with Gasteiger partial charge in [0.15, 0.2) is 0 Å². The summed E-state index contributed by atoms with van der Waals surface area (Å²) < 4.78 is 12.6. The average Bonchev–Trinajstić information content (AvgIpc) is 3.01. The number of carbonyl (C=O) groups excluding carboxylic acids is 1. The number of aromatic nitrogens is 2. The minimum absolute atomic E-state index is 0.142. The number of ketones is 1. The second kappa shape index (κ2) is 6.26. The summed E-state index contributed by atoms with van der Waals surface area (Å²) in [7, 11) is 0. The van der Waals surface area contributed by atoms with E-state index >= 15 is 0 Å². The van der Waals surface area contributed by atoms with E-state index < -0.39 is 0 Å². The van der Waals surface area contributed by atoms with Gasteiger partial charge in [-0.1, -0.05) is 23.8 Å². The highest BCUT2D eigenvalue weighted by Crippen LogP contribution is 2.24. The molecular formula is C16H16N2O3. The van der Waals surface area contributed by atoms with Gasteiger partial charge in [-0.3, -0.25) is 4.79 Å². The Morgan fingerprint density at radius 1 is 1.38 bits per heavy atom. The van der Waals surface area contributed by atoms with E-state index in [4.69, 9.17) is 9.47 Å². The number of Topliss-reactive ketones (excluding diaryl/α,β-unsaturated/α-hetero) is 1. The van der Waals surface area contributed by atoms with Crippen LogP contribution in [0.25, 0.3) is 0 Å². The van der Waals surface area contributed by atoms with Crippen molar-refractivity contribution in [2.24, 2.45) is 0 Å². The summed E-state index contributed by atoms with van der Waals surface area (Å²) in [6.45, 7) is 0.188. The topological polar surface area (TPSA) is 53.4 Å². The number of nitrogens with zero attached hydrogens (tertiary/aromatic N) is 2. The summed E-state index contributed by atoms with van der Waals surface area (Å²) >= 11 is 0. The zero-order chi connectivity index (χ0) is 14.5. The van der Waals surface area contributed by atoms with Crippen LogP contribution in [0.1, 0.15) is 19.3 Å². The van der Waals surface area contributed by atoms with Crippen molar-refractivity contribution in [3.63, 3.8) is 0 Å². The van der Waals surface area contributed by atoms with Gasteiger partial charge in [-0.2, -0.15) is 0 Å². The smallest absolute Gasteiger partial charge is 0.220 e. The lowest BCUT2D eigenvalue weighted by atomic mass is 10.0. The Labute approximate surface area is 122 Å². The van der Waals surface area contributed by atoms with E-state index in [9.17, 15) is 4.79 Å². The Bertz CT molecular complexity index is 636. The lowest BCUT2D eigenvalue weighted by molar-refractivity contribution is -0.119. The highest BCUT2D eigenvalue weighted by atomic mass is 16.5. The zero-order valence-electron chi connectivity index (χ0n) is 11.6. The predicted octanol–water partition coefficient (Wildman–Crippen LogP) is 2.85. The summed E-state index contributed by atoms with van der Waals surface area (Å²) in [5, 5.41) is 0. The van der Waals surface area contributed by atoms with E-state index in [1.165, 1.54) is 11.8 Å². The van der Waals surface area contributed by atoms with Gasteiger partial charge in [0, 0.05) is 18.8 Å². The van der Waals surface area contributed by atoms with Crippen LogP contribution in [0.4, 0.5) is 0 Å². The Hall–Kier alpha value is -2.56. The molecule has 1 aliphatic carbocycles. The first-order valence-electron chi connectivity index (χ1n) is 6.87. The molecule has 5 nitrogen and oxygen atoms in total. The maximum Gasteiger partial charge on any atom is 0.220 e. The van der Waals surface area contributed by atoms with E-state index in [0.717, 1.165) is 12.8 Å². The van der Waals surface area contributed by atoms with Crippen LogP contribution in [0.5, 0.6) is 0 Å². The third-order valence-electron chi connectivity index (χ3n) is 3.28. The normalized spacial score (nSPS) is 17.2. The second-order valence-corrected chi connectivity index (χ2v) is 4.93. The van der Waals surface area contributed by atoms with Gasteiger partial charge in [0.1, 0.15) is 18.3 Å². The van der Waals surface area contributed by atoms with Gasteiger partial charge in [0.25, 0.3) is 0 Å². The number of rotatable bonds is 5. The average molecular weight is 284 g/mol. The molecule has 0 amide bonds. The third kappa shape index (κ3) is 3.51. The van der Waals surface area contributed by atoms with E-state index in [1.807, 2.05) is 6.08 Å². The van der Waals surface area contributed by atoms with Crippen LogP contribution >= 0.6 is 0 Å². The molecule has 108 valence electrons. The summed E-state index contributed by atoms with van der Waals surface area (Å²) in [6.07, 6.45) is 16.8. The Morgan fingerprint density at radius 3 is 3.10 bits per heavy atom. The fourth-order valence-electron chi connectivity index (χ4n) is 2.21. The summed E-state index contributed by atoms with van der Waals surface area (Å²) in [5.74, 6) is 0.748. The number of hydrogen-bond donors (Lipinski definition) is 0. The summed E-state index contributed by atoms with van der Waals surface area (Å²) in [6, 6.07) is 0. The lowest BCUT2D eigenvalue weighted by Gasteiger charge is -2.17. The molecule has 21 heavy (non-hydrogen) atoms. The van der Waals surface area contributed by atoms with Gasteiger partial charge in [-0.25, -0.2) is 4.98 Å². The molecule has 5 heteroatoms. The third-order valence-corrected chi connectivity index (χ3v) is 3.28. The number of hydrogen-bond acceptors (Lipinski definition) is 4. The van der Waals surface area contributed by atoms with Crippen molar-refractivity contribution in [1.29, 1.82) is 0 Å². The lowest BCUT2D eigenvalue weighted by Crippen LogP contribution is -2.15. The van der Waals surface area contributed by atoms with Crippen molar-refractivity contribution in [3.05, 3.63) is 66.6 Å². The summed E-state index contributed by atoms with van der Waals surface area (Å²) in [5.41, 5.74) is 1.27. The maximum atomic E-state index is 12.1. The predicted molar refractivity (Wildman–Crippen MR) is 76.6 cm³/mol. The summed E-state index contributed by atoms with van der Waals surface area (Å²) in [4.78, 5) is 16.0. The van der Waals surface area contributed by atoms with E-state index in [2.05, 4.69) is 17.1 Å². The van der Waals surface area contributed by atoms with E-state index in [-0.39, 0.29) is 18.1 Å². The number of ether oxygens (including phenoxy) is 2. The van der Waals surface area contributed by atoms with Crippen LogP contribution in [0, 0.1) is 0 Å². The van der Waals surface area contributed by atoms with Crippen LogP contribution in [0.15, 0.2) is 66.6 Å². The molecule has 0 bridgehead atoms. The molecule has 0 unspecified atom stereocenters. The molecule has 0 N–H and O–H groups in total. The van der Waals surface area contributed by atoms with Crippen molar-refractivity contribution in [2.75, 3.05) is 0 Å². The van der Waals surface area contributed by atoms with Crippen molar-refractivity contribution < 1.29 is 14.3 Å². The second-order valence-electron chi connectivity index (χ2n) is 4.93. The highest BCUT2D eigenvalue weighted by Gasteiger charge is 2.19. The molecule has 1 aromatic rings. The number of carbonyl (C=O) groups is 1. The van der Waals surface area contributed by atoms with Gasteiger partial charge >= 0.3 is 0 Å². The maximum absolute atomic E-state index is 12.1. The monoisotopic (exact) mass is 284 g/mol. The Kier molecular flexibility index (Phi) is 4.00. The molecule has 2 heterocycles. The van der Waals surface area contributed by atoms with Gasteiger partial charge < -0.3 is 14.0 Å². The number of allylic oxidation sites excluding steroid dienone is 5. The molecule has 0 radical (unpaired) electrons. The van der Waals surface area contributed by atoms with Gasteiger partial charge in [-0.15, -0.1) is 0 Å². The van der Waals surface area contributed by atoms with Crippen LogP contribution in [0.3, 0.4) is 0 Å². The van der Waals surface area contributed by atoms with Gasteiger partial charge in [0.2, 0.25) is 11.5 Å². The van der Waals surface area contributed by atoms with E-state index in [1.54, 1.807) is 29.6 Å². The van der Waals surface area contributed by atoms with Gasteiger partial charge in [-0.05, 0) is 12.8 Å². The highest BCUT2D eigenvalue weighted by molar-refractivity contribution is 5.93. The quantitative estimate of drug-likeness (QED) is 0.834.